The van der Waals surface area contributed by atoms with E-state index < -0.39 is 22.7 Å². The quantitative estimate of drug-likeness (QED) is 0.856. The van der Waals surface area contributed by atoms with Crippen molar-refractivity contribution in [1.82, 2.24) is 9.71 Å². The fraction of sp³-hybridized carbons (Fsp3) is 0.444. The zero-order chi connectivity index (χ0) is 13.8. The van der Waals surface area contributed by atoms with E-state index >= 15 is 0 Å². The Labute approximate surface area is 102 Å². The van der Waals surface area contributed by atoms with E-state index in [4.69, 9.17) is 0 Å². The van der Waals surface area contributed by atoms with Gasteiger partial charge in [-0.25, -0.2) is 18.1 Å². The van der Waals surface area contributed by atoms with Crippen LogP contribution < -0.4 is 10.0 Å². The molecule has 0 aromatic carbocycles. The molecule has 2 N–H and O–H groups in total. The van der Waals surface area contributed by atoms with Gasteiger partial charge in [-0.05, 0) is 13.0 Å². The number of hydrogen-bond donors (Lipinski definition) is 2. The van der Waals surface area contributed by atoms with Crippen LogP contribution in [0.4, 0.5) is 19.0 Å². The second kappa shape index (κ2) is 5.53. The number of hydrogen-bond acceptors (Lipinski definition) is 4. The van der Waals surface area contributed by atoms with Crippen LogP contribution in [0.2, 0.25) is 0 Å². The number of anilines is 1. The fourth-order valence-electron chi connectivity index (χ4n) is 1.12. The number of alkyl halides is 3. The second-order valence-electron chi connectivity index (χ2n) is 3.35. The van der Waals surface area contributed by atoms with Gasteiger partial charge >= 0.3 is 6.18 Å². The molecule has 1 aromatic rings. The Kier molecular flexibility index (Phi) is 4.52. The van der Waals surface area contributed by atoms with E-state index in [1.54, 1.807) is 6.92 Å². The lowest BCUT2D eigenvalue weighted by Crippen LogP contribution is -2.33. The molecule has 9 heteroatoms. The number of pyridine rings is 1. The van der Waals surface area contributed by atoms with Crippen LogP contribution in [0, 0.1) is 0 Å². The number of aromatic nitrogens is 1. The van der Waals surface area contributed by atoms with E-state index in [9.17, 15) is 21.6 Å². The minimum Gasteiger partial charge on any atom is -0.370 e. The number of sulfonamides is 1. The summed E-state index contributed by atoms with van der Waals surface area (Å²) in [5.74, 6) is 0.285. The lowest BCUT2D eigenvalue weighted by Gasteiger charge is -2.10. The minimum absolute atomic E-state index is 0.266. The number of nitrogens with zero attached hydrogens (tertiary/aromatic N) is 1. The van der Waals surface area contributed by atoms with E-state index in [0.29, 0.717) is 6.54 Å². The Balaban J connectivity index is 2.88. The summed E-state index contributed by atoms with van der Waals surface area (Å²) in [4.78, 5) is 3.56. The number of nitrogens with one attached hydrogen (secondary N) is 2. The second-order valence-corrected chi connectivity index (χ2v) is 5.11. The van der Waals surface area contributed by atoms with Crippen molar-refractivity contribution in [3.8, 4) is 0 Å². The predicted octanol–water partition coefficient (Wildman–Crippen LogP) is 1.35. The molecule has 102 valence electrons. The molecule has 0 fully saturated rings. The lowest BCUT2D eigenvalue weighted by molar-refractivity contribution is -0.121. The maximum Gasteiger partial charge on any atom is 0.402 e. The normalized spacial score (nSPS) is 12.4. The first-order valence-electron chi connectivity index (χ1n) is 5.01. The minimum atomic E-state index is -4.59. The zero-order valence-corrected chi connectivity index (χ0v) is 10.3. The third-order valence-electron chi connectivity index (χ3n) is 1.86. The first-order chi connectivity index (χ1) is 8.24. The van der Waals surface area contributed by atoms with E-state index in [1.165, 1.54) is 17.0 Å². The molecule has 0 saturated carbocycles. The van der Waals surface area contributed by atoms with E-state index in [0.717, 1.165) is 6.07 Å². The highest BCUT2D eigenvalue weighted by Crippen LogP contribution is 2.16. The fourth-order valence-corrected chi connectivity index (χ4v) is 2.14. The van der Waals surface area contributed by atoms with Gasteiger partial charge in [0.05, 0.1) is 4.90 Å². The van der Waals surface area contributed by atoms with Crippen molar-refractivity contribution in [2.24, 2.45) is 0 Å². The SMILES string of the molecule is CCNc1cc(S(=O)(=O)NCC(F)(F)F)ccn1. The number of rotatable bonds is 5. The Morgan fingerprint density at radius 1 is 1.39 bits per heavy atom. The van der Waals surface area contributed by atoms with Crippen LogP contribution in [0.25, 0.3) is 0 Å². The third-order valence-corrected chi connectivity index (χ3v) is 3.26. The van der Waals surface area contributed by atoms with E-state index in [-0.39, 0.29) is 10.7 Å². The van der Waals surface area contributed by atoms with Crippen molar-refractivity contribution in [3.05, 3.63) is 18.3 Å². The van der Waals surface area contributed by atoms with Crippen LogP contribution in [-0.2, 0) is 10.0 Å². The van der Waals surface area contributed by atoms with Crippen molar-refractivity contribution in [2.75, 3.05) is 18.4 Å². The van der Waals surface area contributed by atoms with Crippen molar-refractivity contribution in [2.45, 2.75) is 18.0 Å². The molecule has 0 aliphatic rings. The topological polar surface area (TPSA) is 71.1 Å². The first-order valence-corrected chi connectivity index (χ1v) is 6.49. The smallest absolute Gasteiger partial charge is 0.370 e. The van der Waals surface area contributed by atoms with Crippen LogP contribution in [0.3, 0.4) is 0 Å². The highest BCUT2D eigenvalue weighted by atomic mass is 32.2. The van der Waals surface area contributed by atoms with E-state index in [2.05, 4.69) is 10.3 Å². The molecule has 0 aliphatic heterocycles. The lowest BCUT2D eigenvalue weighted by atomic mass is 10.4. The van der Waals surface area contributed by atoms with Crippen molar-refractivity contribution in [1.29, 1.82) is 0 Å². The van der Waals surface area contributed by atoms with Gasteiger partial charge in [-0.3, -0.25) is 0 Å². The summed E-state index contributed by atoms with van der Waals surface area (Å²) in [5, 5.41) is 2.77. The van der Waals surface area contributed by atoms with Gasteiger partial charge in [0.2, 0.25) is 10.0 Å². The largest absolute Gasteiger partial charge is 0.402 e. The maximum atomic E-state index is 12.0. The van der Waals surface area contributed by atoms with Gasteiger partial charge in [0, 0.05) is 18.8 Å². The molecule has 0 spiro atoms. The van der Waals surface area contributed by atoms with Crippen LogP contribution in [0.1, 0.15) is 6.92 Å². The summed E-state index contributed by atoms with van der Waals surface area (Å²) >= 11 is 0. The van der Waals surface area contributed by atoms with Crippen molar-refractivity contribution < 1.29 is 21.6 Å². The van der Waals surface area contributed by atoms with Crippen molar-refractivity contribution in [3.63, 3.8) is 0 Å². The molecule has 0 unspecified atom stereocenters. The molecule has 0 saturated heterocycles. The standard InChI is InChI=1S/C9H12F3N3O2S/c1-2-13-8-5-7(3-4-14-8)18(16,17)15-6-9(10,11)12/h3-5,15H,2,6H2,1H3,(H,13,14). The highest BCUT2D eigenvalue weighted by molar-refractivity contribution is 7.89. The van der Waals surface area contributed by atoms with Gasteiger partial charge in [0.15, 0.2) is 0 Å². The Morgan fingerprint density at radius 3 is 2.61 bits per heavy atom. The molecule has 0 bridgehead atoms. The van der Waals surface area contributed by atoms with Crippen molar-refractivity contribution >= 4 is 15.8 Å². The molecule has 18 heavy (non-hydrogen) atoms. The monoisotopic (exact) mass is 283 g/mol. The molecule has 1 rings (SSSR count). The summed E-state index contributed by atoms with van der Waals surface area (Å²) in [5.41, 5.74) is 0. The van der Waals surface area contributed by atoms with Gasteiger partial charge < -0.3 is 5.32 Å². The van der Waals surface area contributed by atoms with Gasteiger partial charge in [-0.15, -0.1) is 0 Å². The van der Waals surface area contributed by atoms with Crippen LogP contribution in [-0.4, -0.2) is 32.7 Å². The Bertz CT molecular complexity index is 502. The third kappa shape index (κ3) is 4.49. The first kappa shape index (κ1) is 14.7. The number of halogens is 3. The molecule has 0 atom stereocenters. The molecular weight excluding hydrogens is 271 g/mol. The van der Waals surface area contributed by atoms with Gasteiger partial charge in [0.25, 0.3) is 0 Å². The summed E-state index contributed by atoms with van der Waals surface area (Å²) in [6.45, 7) is 0.700. The molecule has 1 aromatic heterocycles. The average molecular weight is 283 g/mol. The van der Waals surface area contributed by atoms with Crippen LogP contribution in [0.15, 0.2) is 23.2 Å². The molecular formula is C9H12F3N3O2S. The molecule has 5 nitrogen and oxygen atoms in total. The average Bonchev–Trinajstić information content (AvgIpc) is 2.27. The Hall–Kier alpha value is -1.35. The predicted molar refractivity (Wildman–Crippen MR) is 59.6 cm³/mol. The van der Waals surface area contributed by atoms with Crippen LogP contribution >= 0.6 is 0 Å². The molecule has 0 amide bonds. The summed E-state index contributed by atoms with van der Waals surface area (Å²) in [6, 6.07) is 2.29. The molecule has 0 aliphatic carbocycles. The summed E-state index contributed by atoms with van der Waals surface area (Å²) in [6.07, 6.45) is -3.38. The van der Waals surface area contributed by atoms with Gasteiger partial charge in [0.1, 0.15) is 12.4 Å². The zero-order valence-electron chi connectivity index (χ0n) is 9.45. The molecule has 0 radical (unpaired) electrons. The van der Waals surface area contributed by atoms with E-state index in [1.807, 2.05) is 0 Å². The maximum absolute atomic E-state index is 12.0. The summed E-state index contributed by atoms with van der Waals surface area (Å²) < 4.78 is 60.5. The summed E-state index contributed by atoms with van der Waals surface area (Å²) in [7, 11) is -4.18. The van der Waals surface area contributed by atoms with Gasteiger partial charge in [-0.1, -0.05) is 0 Å². The molecule has 1 heterocycles. The highest BCUT2D eigenvalue weighted by Gasteiger charge is 2.30. The van der Waals surface area contributed by atoms with Gasteiger partial charge in [-0.2, -0.15) is 13.2 Å². The Morgan fingerprint density at radius 2 is 2.06 bits per heavy atom. The van der Waals surface area contributed by atoms with Crippen LogP contribution in [0.5, 0.6) is 0 Å².